The molecule has 3 aliphatic rings. The fourth-order valence-electron chi connectivity index (χ4n) is 5.80. The van der Waals surface area contributed by atoms with E-state index in [0.29, 0.717) is 24.9 Å². The third-order valence-corrected chi connectivity index (χ3v) is 6.92. The average Bonchev–Trinajstić information content (AvgIpc) is 2.60. The van der Waals surface area contributed by atoms with Gasteiger partial charge in [0.25, 0.3) is 0 Å². The molecule has 3 amide bonds. The Balaban J connectivity index is 1.63. The number of phenols is 1. The predicted molar refractivity (Wildman–Crippen MR) is 105 cm³/mol. The number of anilines is 1. The highest BCUT2D eigenvalue weighted by Gasteiger charge is 2.60. The van der Waals surface area contributed by atoms with Crippen LogP contribution in [0.1, 0.15) is 64.0 Å². The minimum atomic E-state index is -0.877. The van der Waals surface area contributed by atoms with Gasteiger partial charge in [0, 0.05) is 16.2 Å². The molecule has 3 atom stereocenters. The molecule has 2 bridgehead atoms. The molecule has 0 aromatic heterocycles. The number of nitrogens with one attached hydrogen (secondary N) is 2. The summed E-state index contributed by atoms with van der Waals surface area (Å²) in [6.07, 6.45) is 5.31. The standard InChI is InChI=1S/C22H28N2O4/c1-20(10-21(2)12-22(3,11-20)19(28)24-18(21)27)17(26)23-15-8-13-6-4-5-7-14(13)9-16(15)25/h8-9,25H,4-7,10-12H2,1-3H3,(H,23,26)(H,24,27,28)/t20?,21-,22+. The van der Waals surface area contributed by atoms with Crippen LogP contribution in [0.2, 0.25) is 0 Å². The van der Waals surface area contributed by atoms with Gasteiger partial charge in [-0.25, -0.2) is 0 Å². The minimum absolute atomic E-state index is 0.0693. The largest absolute Gasteiger partial charge is 0.506 e. The van der Waals surface area contributed by atoms with Crippen molar-refractivity contribution in [3.63, 3.8) is 0 Å². The van der Waals surface area contributed by atoms with E-state index >= 15 is 0 Å². The van der Waals surface area contributed by atoms with Crippen LogP contribution in [0.15, 0.2) is 12.1 Å². The predicted octanol–water partition coefficient (Wildman–Crippen LogP) is 3.07. The molecule has 1 saturated heterocycles. The Labute approximate surface area is 165 Å². The van der Waals surface area contributed by atoms with Crippen molar-refractivity contribution in [1.29, 1.82) is 0 Å². The Kier molecular flexibility index (Phi) is 4.11. The van der Waals surface area contributed by atoms with Crippen LogP contribution in [0.25, 0.3) is 0 Å². The maximum atomic E-state index is 13.3. The highest BCUT2D eigenvalue weighted by molar-refractivity contribution is 6.05. The van der Waals surface area contributed by atoms with E-state index in [4.69, 9.17) is 0 Å². The van der Waals surface area contributed by atoms with Crippen molar-refractivity contribution >= 4 is 23.4 Å². The van der Waals surface area contributed by atoms with E-state index in [2.05, 4.69) is 10.6 Å². The summed E-state index contributed by atoms with van der Waals surface area (Å²) in [5.74, 6) is -0.784. The number of benzene rings is 1. The molecule has 1 heterocycles. The van der Waals surface area contributed by atoms with Gasteiger partial charge in [-0.1, -0.05) is 20.8 Å². The summed E-state index contributed by atoms with van der Waals surface area (Å²) in [4.78, 5) is 38.2. The van der Waals surface area contributed by atoms with Crippen LogP contribution in [0, 0.1) is 16.2 Å². The summed E-state index contributed by atoms with van der Waals surface area (Å²) < 4.78 is 0. The number of carbonyl (C=O) groups is 3. The van der Waals surface area contributed by atoms with E-state index in [1.165, 1.54) is 5.56 Å². The quantitative estimate of drug-likeness (QED) is 0.539. The number of rotatable bonds is 2. The van der Waals surface area contributed by atoms with Gasteiger partial charge in [0.15, 0.2) is 0 Å². The van der Waals surface area contributed by atoms with Gasteiger partial charge in [-0.2, -0.15) is 0 Å². The summed E-state index contributed by atoms with van der Waals surface area (Å²) in [6, 6.07) is 3.62. The van der Waals surface area contributed by atoms with Crippen LogP contribution in [-0.2, 0) is 27.2 Å². The Morgan fingerprint density at radius 2 is 1.50 bits per heavy atom. The number of imide groups is 1. The van der Waals surface area contributed by atoms with Crippen LogP contribution < -0.4 is 10.6 Å². The number of fused-ring (bicyclic) bond motifs is 3. The number of phenolic OH excluding ortho intramolecular Hbond substituents is 1. The second-order valence-corrected chi connectivity index (χ2v) is 9.79. The fraction of sp³-hybridized carbons (Fsp3) is 0.591. The van der Waals surface area contributed by atoms with E-state index in [9.17, 15) is 19.5 Å². The third kappa shape index (κ3) is 2.90. The molecule has 1 unspecified atom stereocenters. The summed E-state index contributed by atoms with van der Waals surface area (Å²) in [5, 5.41) is 15.8. The molecule has 28 heavy (non-hydrogen) atoms. The second-order valence-electron chi connectivity index (χ2n) is 9.79. The number of amides is 3. The topological polar surface area (TPSA) is 95.5 Å². The van der Waals surface area contributed by atoms with Crippen molar-refractivity contribution in [2.24, 2.45) is 16.2 Å². The monoisotopic (exact) mass is 384 g/mol. The number of hydrogen-bond donors (Lipinski definition) is 3. The molecule has 1 aromatic carbocycles. The van der Waals surface area contributed by atoms with Crippen LogP contribution in [0.3, 0.4) is 0 Å². The van der Waals surface area contributed by atoms with E-state index in [1.54, 1.807) is 6.07 Å². The number of aromatic hydroxyl groups is 1. The van der Waals surface area contributed by atoms with Crippen molar-refractivity contribution in [1.82, 2.24) is 5.32 Å². The number of carbonyl (C=O) groups excluding carboxylic acids is 3. The lowest BCUT2D eigenvalue weighted by atomic mass is 9.52. The molecule has 0 spiro atoms. The first-order chi connectivity index (χ1) is 13.0. The molecule has 6 nitrogen and oxygen atoms in total. The summed E-state index contributed by atoms with van der Waals surface area (Å²) in [5.41, 5.74) is 0.322. The molecular formula is C22H28N2O4. The zero-order valence-corrected chi connectivity index (χ0v) is 16.8. The lowest BCUT2D eigenvalue weighted by Gasteiger charge is -2.53. The molecule has 150 valence electrons. The normalized spacial score (nSPS) is 34.4. The summed E-state index contributed by atoms with van der Waals surface area (Å²) >= 11 is 0. The molecule has 6 heteroatoms. The minimum Gasteiger partial charge on any atom is -0.506 e. The maximum absolute atomic E-state index is 13.3. The van der Waals surface area contributed by atoms with Gasteiger partial charge in [0.2, 0.25) is 17.7 Å². The van der Waals surface area contributed by atoms with E-state index in [1.807, 2.05) is 26.8 Å². The van der Waals surface area contributed by atoms with Gasteiger partial charge in [-0.3, -0.25) is 19.7 Å². The lowest BCUT2D eigenvalue weighted by molar-refractivity contribution is -0.163. The summed E-state index contributed by atoms with van der Waals surface area (Å²) in [7, 11) is 0. The Morgan fingerprint density at radius 3 is 2.07 bits per heavy atom. The second kappa shape index (κ2) is 6.06. The number of aryl methyl sites for hydroxylation is 2. The zero-order valence-electron chi connectivity index (χ0n) is 16.8. The van der Waals surface area contributed by atoms with Gasteiger partial charge in [0.05, 0.1) is 5.69 Å². The van der Waals surface area contributed by atoms with Crippen molar-refractivity contribution in [3.05, 3.63) is 23.3 Å². The van der Waals surface area contributed by atoms with Crippen LogP contribution in [-0.4, -0.2) is 22.8 Å². The van der Waals surface area contributed by atoms with Crippen LogP contribution in [0.4, 0.5) is 5.69 Å². The molecule has 1 aromatic rings. The molecule has 1 saturated carbocycles. The molecule has 2 fully saturated rings. The highest BCUT2D eigenvalue weighted by atomic mass is 16.3. The Hall–Kier alpha value is -2.37. The molecule has 1 aliphatic heterocycles. The molecule has 3 N–H and O–H groups in total. The molecular weight excluding hydrogens is 356 g/mol. The van der Waals surface area contributed by atoms with E-state index in [0.717, 1.165) is 31.2 Å². The Morgan fingerprint density at radius 1 is 0.964 bits per heavy atom. The van der Waals surface area contributed by atoms with Crippen LogP contribution >= 0.6 is 0 Å². The first-order valence-electron chi connectivity index (χ1n) is 10.1. The summed E-state index contributed by atoms with van der Waals surface area (Å²) in [6.45, 7) is 5.47. The van der Waals surface area contributed by atoms with E-state index in [-0.39, 0.29) is 23.5 Å². The van der Waals surface area contributed by atoms with Crippen molar-refractivity contribution < 1.29 is 19.5 Å². The van der Waals surface area contributed by atoms with Gasteiger partial charge < -0.3 is 10.4 Å². The smallest absolute Gasteiger partial charge is 0.232 e. The SMILES string of the molecule is CC1(C(=O)Nc2cc3c(cc2O)CCCC3)C[C@@]2(C)C[C@@](C)(C1)C(=O)NC2=O. The van der Waals surface area contributed by atoms with E-state index < -0.39 is 16.2 Å². The first kappa shape index (κ1) is 19.0. The van der Waals surface area contributed by atoms with Crippen molar-refractivity contribution in [2.45, 2.75) is 65.7 Å². The van der Waals surface area contributed by atoms with Gasteiger partial charge in [0.1, 0.15) is 5.75 Å². The molecule has 2 aliphatic carbocycles. The van der Waals surface area contributed by atoms with Crippen LogP contribution in [0.5, 0.6) is 5.75 Å². The molecule has 4 rings (SSSR count). The highest BCUT2D eigenvalue weighted by Crippen LogP contribution is 2.57. The number of hydrogen-bond acceptors (Lipinski definition) is 4. The van der Waals surface area contributed by atoms with Crippen molar-refractivity contribution in [2.75, 3.05) is 5.32 Å². The van der Waals surface area contributed by atoms with Gasteiger partial charge >= 0.3 is 0 Å². The third-order valence-electron chi connectivity index (χ3n) is 6.92. The first-order valence-corrected chi connectivity index (χ1v) is 10.1. The molecule has 0 radical (unpaired) electrons. The maximum Gasteiger partial charge on any atom is 0.232 e. The number of piperidine rings is 1. The lowest BCUT2D eigenvalue weighted by Crippen LogP contribution is -2.63. The fourth-order valence-corrected chi connectivity index (χ4v) is 5.80. The average molecular weight is 384 g/mol. The van der Waals surface area contributed by atoms with Gasteiger partial charge in [-0.05, 0) is 68.2 Å². The Bertz CT molecular complexity index is 865. The van der Waals surface area contributed by atoms with Crippen molar-refractivity contribution in [3.8, 4) is 5.75 Å². The zero-order chi connectivity index (χ0) is 20.3. The van der Waals surface area contributed by atoms with Gasteiger partial charge in [-0.15, -0.1) is 0 Å².